The molecule has 2 aromatic rings. The SMILES string of the molecule is CCCOc1ccc(C2C[C@@H](c3cc(F)c4c(c3)OCO4)CN2CC=O)cc1. The third kappa shape index (κ3) is 3.69. The second-order valence-corrected chi connectivity index (χ2v) is 7.22. The Morgan fingerprint density at radius 1 is 1.21 bits per heavy atom. The van der Waals surface area contributed by atoms with E-state index >= 15 is 0 Å². The number of carbonyl (C=O) groups excluding carboxylic acids is 1. The molecule has 0 aliphatic carbocycles. The maximum absolute atomic E-state index is 14.3. The molecule has 2 heterocycles. The standard InChI is InChI=1S/C22H24FNO4/c1-2-9-26-18-5-3-15(4-6-18)20-11-17(13-24(20)7-8-25)16-10-19(23)22-21(12-16)27-14-28-22/h3-6,8,10,12,17,20H,2,7,9,11,13-14H2,1H3/t17-,20?/m1/s1. The summed E-state index contributed by atoms with van der Waals surface area (Å²) in [4.78, 5) is 13.3. The molecule has 1 unspecified atom stereocenters. The molecule has 6 heteroatoms. The fraction of sp³-hybridized carbons (Fsp3) is 0.409. The van der Waals surface area contributed by atoms with Crippen molar-refractivity contribution >= 4 is 6.29 Å². The summed E-state index contributed by atoms with van der Waals surface area (Å²) in [5, 5.41) is 0. The Bertz CT molecular complexity index is 839. The molecule has 2 aromatic carbocycles. The second kappa shape index (κ2) is 8.19. The highest BCUT2D eigenvalue weighted by atomic mass is 19.1. The van der Waals surface area contributed by atoms with Crippen LogP contribution in [0.3, 0.4) is 0 Å². The van der Waals surface area contributed by atoms with Gasteiger partial charge in [-0.3, -0.25) is 4.90 Å². The number of ether oxygens (including phenoxy) is 3. The zero-order valence-corrected chi connectivity index (χ0v) is 15.9. The van der Waals surface area contributed by atoms with E-state index in [-0.39, 0.29) is 24.5 Å². The van der Waals surface area contributed by atoms with Gasteiger partial charge in [0.15, 0.2) is 11.6 Å². The van der Waals surface area contributed by atoms with Crippen molar-refractivity contribution in [3.8, 4) is 17.2 Å². The number of carbonyl (C=O) groups is 1. The first-order valence-electron chi connectivity index (χ1n) is 9.69. The Kier molecular flexibility index (Phi) is 5.48. The second-order valence-electron chi connectivity index (χ2n) is 7.22. The Morgan fingerprint density at radius 2 is 2.04 bits per heavy atom. The fourth-order valence-electron chi connectivity index (χ4n) is 4.02. The number of fused-ring (bicyclic) bond motifs is 1. The van der Waals surface area contributed by atoms with Gasteiger partial charge in [-0.25, -0.2) is 4.39 Å². The van der Waals surface area contributed by atoms with E-state index in [1.807, 2.05) is 18.2 Å². The average Bonchev–Trinajstić information content (AvgIpc) is 3.34. The van der Waals surface area contributed by atoms with Crippen LogP contribution >= 0.6 is 0 Å². The smallest absolute Gasteiger partial charge is 0.231 e. The number of likely N-dealkylation sites (tertiary alicyclic amines) is 1. The van der Waals surface area contributed by atoms with Gasteiger partial charge in [-0.05, 0) is 54.2 Å². The van der Waals surface area contributed by atoms with E-state index in [2.05, 4.69) is 24.0 Å². The Labute approximate surface area is 164 Å². The van der Waals surface area contributed by atoms with Crippen molar-refractivity contribution in [3.63, 3.8) is 0 Å². The maximum atomic E-state index is 14.3. The lowest BCUT2D eigenvalue weighted by Crippen LogP contribution is -2.25. The van der Waals surface area contributed by atoms with Crippen molar-refractivity contribution in [2.75, 3.05) is 26.5 Å². The lowest BCUT2D eigenvalue weighted by atomic mass is 9.93. The van der Waals surface area contributed by atoms with E-state index in [0.717, 1.165) is 36.0 Å². The van der Waals surface area contributed by atoms with Gasteiger partial charge in [-0.1, -0.05) is 19.1 Å². The molecule has 0 bridgehead atoms. The van der Waals surface area contributed by atoms with Crippen LogP contribution in [0.5, 0.6) is 17.2 Å². The van der Waals surface area contributed by atoms with Crippen molar-refractivity contribution in [2.24, 2.45) is 0 Å². The van der Waals surface area contributed by atoms with Crippen LogP contribution in [0.25, 0.3) is 0 Å². The molecule has 0 saturated carbocycles. The zero-order chi connectivity index (χ0) is 19.5. The molecule has 1 fully saturated rings. The fourth-order valence-corrected chi connectivity index (χ4v) is 4.02. The van der Waals surface area contributed by atoms with E-state index in [0.29, 0.717) is 25.4 Å². The first kappa shape index (κ1) is 18.7. The summed E-state index contributed by atoms with van der Waals surface area (Å²) in [5.41, 5.74) is 2.01. The van der Waals surface area contributed by atoms with E-state index in [4.69, 9.17) is 14.2 Å². The molecule has 2 aliphatic heterocycles. The number of rotatable bonds is 7. The summed E-state index contributed by atoms with van der Waals surface area (Å²) in [6, 6.07) is 11.5. The van der Waals surface area contributed by atoms with Crippen LogP contribution in [-0.2, 0) is 4.79 Å². The van der Waals surface area contributed by atoms with Crippen molar-refractivity contribution in [2.45, 2.75) is 31.7 Å². The lowest BCUT2D eigenvalue weighted by Gasteiger charge is -2.22. The van der Waals surface area contributed by atoms with Gasteiger partial charge >= 0.3 is 0 Å². The summed E-state index contributed by atoms with van der Waals surface area (Å²) >= 11 is 0. The number of nitrogens with zero attached hydrogens (tertiary/aromatic N) is 1. The van der Waals surface area contributed by atoms with Gasteiger partial charge in [0.25, 0.3) is 0 Å². The van der Waals surface area contributed by atoms with E-state index < -0.39 is 5.82 Å². The molecule has 28 heavy (non-hydrogen) atoms. The molecule has 148 valence electrons. The van der Waals surface area contributed by atoms with Gasteiger partial charge in [0.05, 0.1) is 13.2 Å². The Balaban J connectivity index is 1.55. The summed E-state index contributed by atoms with van der Waals surface area (Å²) in [6.45, 7) is 3.85. The number of aldehydes is 1. The van der Waals surface area contributed by atoms with Crippen molar-refractivity contribution in [3.05, 3.63) is 53.3 Å². The Morgan fingerprint density at radius 3 is 2.79 bits per heavy atom. The lowest BCUT2D eigenvalue weighted by molar-refractivity contribution is -0.109. The molecule has 2 aliphatic rings. The molecule has 0 aromatic heterocycles. The van der Waals surface area contributed by atoms with Crippen LogP contribution in [0, 0.1) is 5.82 Å². The minimum absolute atomic E-state index is 0.0483. The van der Waals surface area contributed by atoms with Gasteiger partial charge in [0, 0.05) is 12.6 Å². The molecule has 0 N–H and O–H groups in total. The van der Waals surface area contributed by atoms with Crippen LogP contribution in [-0.4, -0.2) is 37.7 Å². The molecule has 2 atom stereocenters. The average molecular weight is 385 g/mol. The number of halogens is 1. The number of hydrogen-bond donors (Lipinski definition) is 0. The minimum Gasteiger partial charge on any atom is -0.494 e. The molecule has 4 rings (SSSR count). The first-order valence-corrected chi connectivity index (χ1v) is 9.69. The van der Waals surface area contributed by atoms with Crippen LogP contribution in [0.1, 0.15) is 42.9 Å². The van der Waals surface area contributed by atoms with Crippen LogP contribution in [0.4, 0.5) is 4.39 Å². The molecule has 0 radical (unpaired) electrons. The minimum atomic E-state index is -0.396. The summed E-state index contributed by atoms with van der Waals surface area (Å²) in [5.74, 6) is 1.21. The number of benzene rings is 2. The Hall–Kier alpha value is -2.60. The van der Waals surface area contributed by atoms with E-state index in [1.165, 1.54) is 6.07 Å². The van der Waals surface area contributed by atoms with Gasteiger partial charge in [0.2, 0.25) is 12.5 Å². The van der Waals surface area contributed by atoms with Crippen LogP contribution in [0.15, 0.2) is 36.4 Å². The molecular weight excluding hydrogens is 361 g/mol. The highest BCUT2D eigenvalue weighted by Crippen LogP contribution is 2.44. The predicted octanol–water partition coefficient (Wildman–Crippen LogP) is 4.07. The third-order valence-corrected chi connectivity index (χ3v) is 5.37. The first-order chi connectivity index (χ1) is 13.7. The summed E-state index contributed by atoms with van der Waals surface area (Å²) < 4.78 is 30.5. The topological polar surface area (TPSA) is 48.0 Å². The molecule has 5 nitrogen and oxygen atoms in total. The monoisotopic (exact) mass is 385 g/mol. The molecule has 0 spiro atoms. The van der Waals surface area contributed by atoms with Gasteiger partial charge < -0.3 is 19.0 Å². The van der Waals surface area contributed by atoms with Crippen LogP contribution < -0.4 is 14.2 Å². The predicted molar refractivity (Wildman–Crippen MR) is 102 cm³/mol. The van der Waals surface area contributed by atoms with Crippen molar-refractivity contribution in [1.82, 2.24) is 4.90 Å². The third-order valence-electron chi connectivity index (χ3n) is 5.37. The van der Waals surface area contributed by atoms with Gasteiger partial charge in [-0.2, -0.15) is 0 Å². The van der Waals surface area contributed by atoms with Gasteiger partial charge in [-0.15, -0.1) is 0 Å². The summed E-state index contributed by atoms with van der Waals surface area (Å²) in [6.07, 6.45) is 2.70. The quantitative estimate of drug-likeness (QED) is 0.673. The zero-order valence-electron chi connectivity index (χ0n) is 15.9. The van der Waals surface area contributed by atoms with E-state index in [9.17, 15) is 9.18 Å². The van der Waals surface area contributed by atoms with Crippen molar-refractivity contribution < 1.29 is 23.4 Å². The normalized spacial score (nSPS) is 21.1. The maximum Gasteiger partial charge on any atom is 0.231 e. The van der Waals surface area contributed by atoms with Gasteiger partial charge in [0.1, 0.15) is 12.0 Å². The van der Waals surface area contributed by atoms with Crippen molar-refractivity contribution in [1.29, 1.82) is 0 Å². The largest absolute Gasteiger partial charge is 0.494 e. The highest BCUT2D eigenvalue weighted by Gasteiger charge is 2.35. The van der Waals surface area contributed by atoms with E-state index in [1.54, 1.807) is 0 Å². The highest BCUT2D eigenvalue weighted by molar-refractivity contribution is 5.53. The summed E-state index contributed by atoms with van der Waals surface area (Å²) in [7, 11) is 0. The number of hydrogen-bond acceptors (Lipinski definition) is 5. The van der Waals surface area contributed by atoms with Crippen LogP contribution in [0.2, 0.25) is 0 Å². The molecular formula is C22H24FNO4. The molecule has 0 amide bonds. The molecule has 1 saturated heterocycles.